The highest BCUT2D eigenvalue weighted by atomic mass is 16.3. The number of allylic oxidation sites excluding steroid dienone is 12. The Balaban J connectivity index is 3.67. The first kappa shape index (κ1) is 45.8. The molecule has 0 aromatic heterocycles. The molecule has 48 heavy (non-hydrogen) atoms. The monoisotopic (exact) mass is 668 g/mol. The summed E-state index contributed by atoms with van der Waals surface area (Å²) >= 11 is 0. The third-order valence-electron chi connectivity index (χ3n) is 8.73. The molecule has 0 heterocycles. The zero-order valence-corrected chi connectivity index (χ0v) is 31.5. The van der Waals surface area contributed by atoms with Gasteiger partial charge in [-0.15, -0.1) is 0 Å². The second kappa shape index (κ2) is 39.3. The molecular weight excluding hydrogens is 590 g/mol. The standard InChI is InChI=1S/C44H77NO3/c1-3-5-7-9-11-13-15-17-18-19-20-21-22-23-24-25-26-28-30-32-34-36-38-40-44(48)45-42(41-46)43(47)39-37-35-33-31-29-27-16-14-12-10-8-6-4-2/h5,7,11,13,17-18,20-21,23-24,26,28,42-43,46-47H,3-4,6,8-10,12,14-16,19,22,25,27,29-41H2,1-2H3,(H,45,48)/b7-5-,13-11-,18-17-,21-20-,24-23-,28-26-. The summed E-state index contributed by atoms with van der Waals surface area (Å²) in [6.07, 6.45) is 55.3. The Morgan fingerprint density at radius 1 is 0.521 bits per heavy atom. The minimum absolute atomic E-state index is 0.0598. The van der Waals surface area contributed by atoms with Crippen molar-refractivity contribution in [2.75, 3.05) is 6.61 Å². The SMILES string of the molecule is CC/C=C\C/C=C\C/C=C\C/C=C\C/C=C\C/C=C\CCCCCCC(=O)NC(CO)C(O)CCCCCCCCCCCCCCC. The predicted octanol–water partition coefficient (Wildman–Crippen LogP) is 12.3. The van der Waals surface area contributed by atoms with Gasteiger partial charge >= 0.3 is 0 Å². The van der Waals surface area contributed by atoms with Gasteiger partial charge in [-0.1, -0.05) is 183 Å². The second-order valence-corrected chi connectivity index (χ2v) is 13.3. The van der Waals surface area contributed by atoms with Crippen molar-refractivity contribution in [3.05, 3.63) is 72.9 Å². The van der Waals surface area contributed by atoms with Gasteiger partial charge in [-0.2, -0.15) is 0 Å². The lowest BCUT2D eigenvalue weighted by Gasteiger charge is -2.22. The molecule has 4 heteroatoms. The van der Waals surface area contributed by atoms with Crippen molar-refractivity contribution < 1.29 is 15.0 Å². The van der Waals surface area contributed by atoms with Crippen LogP contribution in [0.3, 0.4) is 0 Å². The largest absolute Gasteiger partial charge is 0.394 e. The summed E-state index contributed by atoms with van der Waals surface area (Å²) in [6, 6.07) is -0.553. The van der Waals surface area contributed by atoms with E-state index in [1.807, 2.05) is 0 Å². The summed E-state index contributed by atoms with van der Waals surface area (Å²) in [5.41, 5.74) is 0. The van der Waals surface area contributed by atoms with Crippen LogP contribution >= 0.6 is 0 Å². The molecule has 0 aliphatic heterocycles. The summed E-state index contributed by atoms with van der Waals surface area (Å²) < 4.78 is 0. The normalized spacial score (nSPS) is 13.8. The number of carbonyl (C=O) groups is 1. The Bertz CT molecular complexity index is 853. The molecule has 0 aromatic carbocycles. The lowest BCUT2D eigenvalue weighted by Crippen LogP contribution is -2.45. The maximum absolute atomic E-state index is 12.4. The van der Waals surface area contributed by atoms with Gasteiger partial charge in [0.15, 0.2) is 0 Å². The van der Waals surface area contributed by atoms with Crippen LogP contribution in [-0.4, -0.2) is 34.9 Å². The van der Waals surface area contributed by atoms with Gasteiger partial charge in [-0.25, -0.2) is 0 Å². The Hall–Kier alpha value is -2.17. The Labute approximate surface area is 298 Å². The highest BCUT2D eigenvalue weighted by Gasteiger charge is 2.19. The van der Waals surface area contributed by atoms with E-state index in [9.17, 15) is 15.0 Å². The molecule has 0 bridgehead atoms. The van der Waals surface area contributed by atoms with Gasteiger partial charge < -0.3 is 15.5 Å². The lowest BCUT2D eigenvalue weighted by molar-refractivity contribution is -0.123. The fourth-order valence-corrected chi connectivity index (χ4v) is 5.66. The molecule has 4 nitrogen and oxygen atoms in total. The molecule has 0 aliphatic carbocycles. The van der Waals surface area contributed by atoms with Crippen LogP contribution in [0.4, 0.5) is 0 Å². The number of hydrogen-bond donors (Lipinski definition) is 3. The molecule has 2 atom stereocenters. The molecule has 0 saturated carbocycles. The molecule has 276 valence electrons. The summed E-state index contributed by atoms with van der Waals surface area (Å²) in [5, 5.41) is 23.1. The van der Waals surface area contributed by atoms with Gasteiger partial charge in [0.25, 0.3) is 0 Å². The second-order valence-electron chi connectivity index (χ2n) is 13.3. The third-order valence-corrected chi connectivity index (χ3v) is 8.73. The van der Waals surface area contributed by atoms with E-state index in [1.54, 1.807) is 0 Å². The number of hydrogen-bond acceptors (Lipinski definition) is 3. The van der Waals surface area contributed by atoms with Gasteiger partial charge in [0.2, 0.25) is 5.91 Å². The van der Waals surface area contributed by atoms with Crippen LogP contribution in [0.1, 0.15) is 181 Å². The zero-order chi connectivity index (χ0) is 35.0. The Kier molecular flexibility index (Phi) is 37.5. The van der Waals surface area contributed by atoms with Gasteiger partial charge in [-0.3, -0.25) is 4.79 Å². The molecule has 2 unspecified atom stereocenters. The number of carbonyl (C=O) groups excluding carboxylic acids is 1. The van der Waals surface area contributed by atoms with Gasteiger partial charge in [0.1, 0.15) is 0 Å². The van der Waals surface area contributed by atoms with Crippen molar-refractivity contribution in [2.45, 2.75) is 193 Å². The van der Waals surface area contributed by atoms with Crippen LogP contribution in [0.2, 0.25) is 0 Å². The maximum atomic E-state index is 12.4. The van der Waals surface area contributed by atoms with Gasteiger partial charge in [0.05, 0.1) is 18.8 Å². The third kappa shape index (κ3) is 35.1. The first-order chi connectivity index (χ1) is 23.7. The van der Waals surface area contributed by atoms with E-state index in [2.05, 4.69) is 92.1 Å². The van der Waals surface area contributed by atoms with E-state index in [0.717, 1.165) is 83.5 Å². The van der Waals surface area contributed by atoms with E-state index in [1.165, 1.54) is 70.6 Å². The number of nitrogens with one attached hydrogen (secondary N) is 1. The number of unbranched alkanes of at least 4 members (excludes halogenated alkanes) is 16. The van der Waals surface area contributed by atoms with E-state index in [4.69, 9.17) is 0 Å². The molecule has 1 amide bonds. The van der Waals surface area contributed by atoms with Crippen molar-refractivity contribution >= 4 is 5.91 Å². The lowest BCUT2D eigenvalue weighted by atomic mass is 10.0. The molecule has 0 radical (unpaired) electrons. The van der Waals surface area contributed by atoms with E-state index in [-0.39, 0.29) is 12.5 Å². The summed E-state index contributed by atoms with van der Waals surface area (Å²) in [4.78, 5) is 12.4. The van der Waals surface area contributed by atoms with E-state index < -0.39 is 12.1 Å². The quantitative estimate of drug-likeness (QED) is 0.0465. The smallest absolute Gasteiger partial charge is 0.220 e. The minimum Gasteiger partial charge on any atom is -0.394 e. The van der Waals surface area contributed by atoms with Crippen molar-refractivity contribution in [1.29, 1.82) is 0 Å². The van der Waals surface area contributed by atoms with Crippen molar-refractivity contribution in [1.82, 2.24) is 5.32 Å². The fourth-order valence-electron chi connectivity index (χ4n) is 5.66. The highest BCUT2D eigenvalue weighted by molar-refractivity contribution is 5.76. The average molecular weight is 668 g/mol. The number of aliphatic hydroxyl groups excluding tert-OH is 2. The number of rotatable bonds is 35. The summed E-state index contributed by atoms with van der Waals surface area (Å²) in [7, 11) is 0. The number of amides is 1. The predicted molar refractivity (Wildman–Crippen MR) is 211 cm³/mol. The molecule has 0 spiro atoms. The van der Waals surface area contributed by atoms with Gasteiger partial charge in [-0.05, 0) is 64.2 Å². The molecule has 0 fully saturated rings. The molecule has 0 aromatic rings. The van der Waals surface area contributed by atoms with Crippen LogP contribution in [0, 0.1) is 0 Å². The Morgan fingerprint density at radius 3 is 1.38 bits per heavy atom. The van der Waals surface area contributed by atoms with Crippen molar-refractivity contribution in [3.63, 3.8) is 0 Å². The number of aliphatic hydroxyl groups is 2. The van der Waals surface area contributed by atoms with Gasteiger partial charge in [0, 0.05) is 6.42 Å². The molecule has 0 rings (SSSR count). The summed E-state index contributed by atoms with van der Waals surface area (Å²) in [5.74, 6) is -0.0598. The van der Waals surface area contributed by atoms with E-state index >= 15 is 0 Å². The van der Waals surface area contributed by atoms with Crippen LogP contribution in [0.15, 0.2) is 72.9 Å². The fraction of sp³-hybridized carbons (Fsp3) is 0.705. The van der Waals surface area contributed by atoms with Crippen LogP contribution in [-0.2, 0) is 4.79 Å². The zero-order valence-electron chi connectivity index (χ0n) is 31.5. The Morgan fingerprint density at radius 2 is 0.917 bits per heavy atom. The van der Waals surface area contributed by atoms with Crippen LogP contribution < -0.4 is 5.32 Å². The topological polar surface area (TPSA) is 69.6 Å². The van der Waals surface area contributed by atoms with Crippen molar-refractivity contribution in [2.24, 2.45) is 0 Å². The molecule has 0 saturated heterocycles. The van der Waals surface area contributed by atoms with Crippen molar-refractivity contribution in [3.8, 4) is 0 Å². The molecule has 3 N–H and O–H groups in total. The van der Waals surface area contributed by atoms with Crippen LogP contribution in [0.25, 0.3) is 0 Å². The first-order valence-electron chi connectivity index (χ1n) is 20.1. The summed E-state index contributed by atoms with van der Waals surface area (Å²) in [6.45, 7) is 4.22. The molecule has 0 aliphatic rings. The first-order valence-corrected chi connectivity index (χ1v) is 20.1. The average Bonchev–Trinajstić information content (AvgIpc) is 3.09. The minimum atomic E-state index is -0.673. The highest BCUT2D eigenvalue weighted by Crippen LogP contribution is 2.14. The molecular formula is C44H77NO3. The van der Waals surface area contributed by atoms with Crippen LogP contribution in [0.5, 0.6) is 0 Å². The van der Waals surface area contributed by atoms with E-state index in [0.29, 0.717) is 12.8 Å². The maximum Gasteiger partial charge on any atom is 0.220 e.